The molecular weight excluding hydrogens is 408 g/mol. The molecule has 1 aliphatic rings. The van der Waals surface area contributed by atoms with Crippen LogP contribution in [0.15, 0.2) is 12.3 Å². The predicted molar refractivity (Wildman–Crippen MR) is 114 cm³/mol. The van der Waals surface area contributed by atoms with E-state index in [1.54, 1.807) is 12.3 Å². The van der Waals surface area contributed by atoms with E-state index in [1.165, 1.54) is 12.8 Å². The third-order valence-electron chi connectivity index (χ3n) is 5.20. The Morgan fingerprint density at radius 1 is 1.40 bits per heavy atom. The normalized spacial score (nSPS) is 20.9. The van der Waals surface area contributed by atoms with E-state index in [4.69, 9.17) is 38.0 Å². The van der Waals surface area contributed by atoms with Crippen LogP contribution in [0.1, 0.15) is 58.1 Å². The average Bonchev–Trinajstić information content (AvgIpc) is 3.34. The molecule has 2 aromatic heterocycles. The van der Waals surface area contributed by atoms with E-state index in [0.29, 0.717) is 36.3 Å². The largest absolute Gasteiger partial charge is 0.508 e. The number of terminal acetylenes is 1. The molecule has 2 N–H and O–H groups in total. The molecule has 0 aromatic carbocycles. The Kier molecular flexibility index (Phi) is 7.40. The van der Waals surface area contributed by atoms with Gasteiger partial charge < -0.3 is 24.5 Å². The molecule has 1 saturated heterocycles. The number of nitrogen functional groups attached to an aromatic ring is 1. The smallest absolute Gasteiger partial charge is 0.434 e. The lowest BCUT2D eigenvalue weighted by atomic mass is 10.0. The van der Waals surface area contributed by atoms with Crippen molar-refractivity contribution in [3.63, 3.8) is 0 Å². The summed E-state index contributed by atoms with van der Waals surface area (Å²) in [5.74, 6) is 2.93. The van der Waals surface area contributed by atoms with E-state index < -0.39 is 11.8 Å². The number of halogens is 1. The van der Waals surface area contributed by atoms with Crippen molar-refractivity contribution in [3.05, 3.63) is 17.5 Å². The minimum atomic E-state index is -1.02. The van der Waals surface area contributed by atoms with Crippen LogP contribution in [-0.2, 0) is 14.2 Å². The molecule has 0 spiro atoms. The summed E-state index contributed by atoms with van der Waals surface area (Å²) in [6.45, 7) is 2.42. The van der Waals surface area contributed by atoms with Crippen LogP contribution >= 0.6 is 11.6 Å². The number of ether oxygens (including phenoxy) is 3. The molecule has 3 heterocycles. The van der Waals surface area contributed by atoms with Crippen molar-refractivity contribution < 1.29 is 19.0 Å². The second-order valence-electron chi connectivity index (χ2n) is 7.39. The molecule has 2 aromatic rings. The molecule has 1 fully saturated rings. The van der Waals surface area contributed by atoms with Gasteiger partial charge >= 0.3 is 6.16 Å². The Hall–Kier alpha value is -2.50. The van der Waals surface area contributed by atoms with Gasteiger partial charge in [-0.25, -0.2) is 9.78 Å². The lowest BCUT2D eigenvalue weighted by Crippen LogP contribution is -2.34. The first-order valence-corrected chi connectivity index (χ1v) is 10.6. The number of nitrogens with two attached hydrogens (primary N) is 1. The van der Waals surface area contributed by atoms with Gasteiger partial charge in [-0.3, -0.25) is 0 Å². The van der Waals surface area contributed by atoms with E-state index in [-0.39, 0.29) is 18.1 Å². The fourth-order valence-electron chi connectivity index (χ4n) is 3.52. The third kappa shape index (κ3) is 5.15. The Morgan fingerprint density at radius 2 is 2.20 bits per heavy atom. The maximum Gasteiger partial charge on any atom is 0.508 e. The number of hydrogen-bond donors (Lipinski definition) is 1. The third-order valence-corrected chi connectivity index (χ3v) is 5.36. The van der Waals surface area contributed by atoms with Gasteiger partial charge in [-0.05, 0) is 36.9 Å². The summed E-state index contributed by atoms with van der Waals surface area (Å²) in [7, 11) is 0. The molecule has 0 bridgehead atoms. The molecule has 0 radical (unpaired) electrons. The van der Waals surface area contributed by atoms with E-state index >= 15 is 0 Å². The molecule has 3 rings (SSSR count). The monoisotopic (exact) mass is 434 g/mol. The van der Waals surface area contributed by atoms with Crippen LogP contribution in [0.2, 0.25) is 5.28 Å². The van der Waals surface area contributed by atoms with E-state index in [2.05, 4.69) is 22.8 Å². The molecule has 9 heteroatoms. The van der Waals surface area contributed by atoms with Gasteiger partial charge in [0, 0.05) is 6.20 Å². The Labute approximate surface area is 181 Å². The molecule has 0 saturated carbocycles. The molecule has 1 aliphatic heterocycles. The maximum absolute atomic E-state index is 11.9. The number of aromatic nitrogens is 3. The summed E-state index contributed by atoms with van der Waals surface area (Å²) >= 11 is 5.94. The molecule has 2 atom stereocenters. The van der Waals surface area contributed by atoms with Crippen LogP contribution < -0.4 is 5.73 Å². The number of nitrogens with zero attached hydrogens (tertiary/aromatic N) is 3. The van der Waals surface area contributed by atoms with Gasteiger partial charge in [0.15, 0.2) is 5.60 Å². The second-order valence-corrected chi connectivity index (χ2v) is 7.73. The van der Waals surface area contributed by atoms with Crippen molar-refractivity contribution in [1.29, 1.82) is 0 Å². The highest BCUT2D eigenvalue weighted by Crippen LogP contribution is 2.38. The zero-order chi connectivity index (χ0) is 21.6. The quantitative estimate of drug-likeness (QED) is 0.269. The first kappa shape index (κ1) is 22.2. The highest BCUT2D eigenvalue weighted by atomic mass is 35.5. The van der Waals surface area contributed by atoms with Gasteiger partial charge in [0.05, 0.1) is 12.0 Å². The van der Waals surface area contributed by atoms with E-state index in [0.717, 1.165) is 19.3 Å². The van der Waals surface area contributed by atoms with Crippen LogP contribution in [0.3, 0.4) is 0 Å². The van der Waals surface area contributed by atoms with Crippen molar-refractivity contribution in [2.45, 2.75) is 63.7 Å². The zero-order valence-corrected chi connectivity index (χ0v) is 17.9. The van der Waals surface area contributed by atoms with Gasteiger partial charge in [0.25, 0.3) is 0 Å². The number of carbonyl (C=O) groups is 1. The standard InChI is InChI=1S/C21H27ClN4O4/c1-3-5-6-7-8-13-28-20(27)29-14-21(4-2)11-9-16(30-21)26-12-10-15-17(23)24-19(22)25-18(15)26/h2,10,12,16H,3,5-9,11,13-14H2,1H3,(H2,23,24,25)/t16-,21+/m1/s1. The fourth-order valence-corrected chi connectivity index (χ4v) is 3.70. The molecule has 30 heavy (non-hydrogen) atoms. The lowest BCUT2D eigenvalue weighted by molar-refractivity contribution is -0.0730. The Morgan fingerprint density at radius 3 is 2.97 bits per heavy atom. The van der Waals surface area contributed by atoms with Crippen LogP contribution in [0.5, 0.6) is 0 Å². The summed E-state index contributed by atoms with van der Waals surface area (Å²) in [4.78, 5) is 20.1. The zero-order valence-electron chi connectivity index (χ0n) is 17.1. The van der Waals surface area contributed by atoms with Crippen LogP contribution in [0.4, 0.5) is 10.6 Å². The van der Waals surface area contributed by atoms with Gasteiger partial charge in [-0.1, -0.05) is 38.5 Å². The van der Waals surface area contributed by atoms with Crippen molar-refractivity contribution in [1.82, 2.24) is 14.5 Å². The Bertz CT molecular complexity index is 926. The molecular formula is C21H27ClN4O4. The summed E-state index contributed by atoms with van der Waals surface area (Å²) in [6, 6.07) is 1.80. The van der Waals surface area contributed by atoms with Crippen LogP contribution in [0, 0.1) is 12.3 Å². The van der Waals surface area contributed by atoms with Crippen molar-refractivity contribution in [2.24, 2.45) is 0 Å². The van der Waals surface area contributed by atoms with Crippen LogP contribution in [-0.4, -0.2) is 39.5 Å². The topological polar surface area (TPSA) is 101 Å². The summed E-state index contributed by atoms with van der Waals surface area (Å²) in [5, 5.41) is 0.738. The first-order chi connectivity index (χ1) is 14.5. The number of anilines is 1. The summed E-state index contributed by atoms with van der Waals surface area (Å²) in [5.41, 5.74) is 5.45. The molecule has 0 unspecified atom stereocenters. The highest BCUT2D eigenvalue weighted by molar-refractivity contribution is 6.28. The average molecular weight is 435 g/mol. The molecule has 8 nitrogen and oxygen atoms in total. The maximum atomic E-state index is 11.9. The summed E-state index contributed by atoms with van der Waals surface area (Å²) in [6.07, 6.45) is 12.9. The fraction of sp³-hybridized carbons (Fsp3) is 0.571. The number of hydrogen-bond acceptors (Lipinski definition) is 7. The SMILES string of the molecule is C#C[C@@]1(COC(=O)OCCCCCCC)CC[C@H](n2ccc3c(N)nc(Cl)nc32)O1. The van der Waals surface area contributed by atoms with Crippen molar-refractivity contribution in [3.8, 4) is 12.3 Å². The Balaban J connectivity index is 1.55. The second kappa shape index (κ2) is 10.0. The minimum absolute atomic E-state index is 0.0573. The number of fused-ring (bicyclic) bond motifs is 1. The van der Waals surface area contributed by atoms with Crippen LogP contribution in [0.25, 0.3) is 11.0 Å². The van der Waals surface area contributed by atoms with Gasteiger partial charge in [0.1, 0.15) is 24.3 Å². The van der Waals surface area contributed by atoms with Gasteiger partial charge in [-0.2, -0.15) is 4.98 Å². The molecule has 162 valence electrons. The number of carbonyl (C=O) groups excluding carboxylic acids is 1. The number of unbranched alkanes of at least 4 members (excludes halogenated alkanes) is 4. The van der Waals surface area contributed by atoms with E-state index in [1.807, 2.05) is 4.57 Å². The van der Waals surface area contributed by atoms with Gasteiger partial charge in [0.2, 0.25) is 5.28 Å². The summed E-state index contributed by atoms with van der Waals surface area (Å²) < 4.78 is 18.3. The first-order valence-electron chi connectivity index (χ1n) is 10.2. The predicted octanol–water partition coefficient (Wildman–Crippen LogP) is 4.47. The number of rotatable bonds is 9. The molecule has 0 amide bonds. The molecule has 0 aliphatic carbocycles. The van der Waals surface area contributed by atoms with Crippen molar-refractivity contribution in [2.75, 3.05) is 18.9 Å². The van der Waals surface area contributed by atoms with E-state index in [9.17, 15) is 4.79 Å². The minimum Gasteiger partial charge on any atom is -0.434 e. The van der Waals surface area contributed by atoms with Crippen molar-refractivity contribution >= 4 is 34.6 Å². The lowest BCUT2D eigenvalue weighted by Gasteiger charge is -2.23. The van der Waals surface area contributed by atoms with Gasteiger partial charge in [-0.15, -0.1) is 6.42 Å². The highest BCUT2D eigenvalue weighted by Gasteiger charge is 2.41.